The van der Waals surface area contributed by atoms with Crippen molar-refractivity contribution in [2.45, 2.75) is 108 Å². The Morgan fingerprint density at radius 3 is 2.49 bits per heavy atom. The number of halogens is 1. The van der Waals surface area contributed by atoms with Gasteiger partial charge in [0, 0.05) is 11.4 Å². The molecule has 3 aliphatic carbocycles. The minimum Gasteiger partial charge on any atom is -0.460 e. The number of ether oxygens (including phenoxy) is 2. The number of likely N-dealkylation sites (tertiary alicyclic amines) is 1. The van der Waals surface area contributed by atoms with Crippen LogP contribution in [-0.4, -0.2) is 72.3 Å². The molecule has 0 radical (unpaired) electrons. The number of nitrogens with one attached hydrogen (secondary N) is 2. The maximum Gasteiger partial charge on any atom is 0.411 e. The molecule has 1 aromatic carbocycles. The Kier molecular flexibility index (Phi) is 8.49. The molecular formula is C30H40ClN3O8S. The van der Waals surface area contributed by atoms with E-state index in [1.165, 1.54) is 4.90 Å². The van der Waals surface area contributed by atoms with Crippen molar-refractivity contribution < 1.29 is 37.1 Å². The Labute approximate surface area is 257 Å². The van der Waals surface area contributed by atoms with Crippen molar-refractivity contribution in [1.82, 2.24) is 14.9 Å². The summed E-state index contributed by atoms with van der Waals surface area (Å²) in [5, 5.41) is 2.86. The molecule has 1 unspecified atom stereocenters. The lowest BCUT2D eigenvalue weighted by Crippen LogP contribution is -2.57. The molecule has 2 N–H and O–H groups in total. The van der Waals surface area contributed by atoms with Crippen molar-refractivity contribution in [3.63, 3.8) is 0 Å². The second kappa shape index (κ2) is 11.6. The number of rotatable bonds is 8. The molecule has 11 nitrogen and oxygen atoms in total. The quantitative estimate of drug-likeness (QED) is 0.413. The van der Waals surface area contributed by atoms with Crippen molar-refractivity contribution in [3.05, 3.63) is 34.3 Å². The van der Waals surface area contributed by atoms with E-state index in [-0.39, 0.29) is 31.2 Å². The normalized spacial score (nSPS) is 28.4. The van der Waals surface area contributed by atoms with Crippen LogP contribution in [0.4, 0.5) is 4.79 Å². The minimum atomic E-state index is -3.81. The van der Waals surface area contributed by atoms with Gasteiger partial charge in [0.25, 0.3) is 5.91 Å². The van der Waals surface area contributed by atoms with Crippen LogP contribution in [-0.2, 0) is 46.7 Å². The molecule has 2 saturated carbocycles. The van der Waals surface area contributed by atoms with Gasteiger partial charge in [0.1, 0.15) is 23.3 Å². The summed E-state index contributed by atoms with van der Waals surface area (Å²) in [5.41, 5.74) is -0.192. The number of hydrogen-bond donors (Lipinski definition) is 2. The highest BCUT2D eigenvalue weighted by atomic mass is 35.5. The number of hydrogen-bond acceptors (Lipinski definition) is 8. The van der Waals surface area contributed by atoms with Crippen molar-refractivity contribution in [2.75, 3.05) is 6.54 Å². The Balaban J connectivity index is 1.29. The van der Waals surface area contributed by atoms with Gasteiger partial charge in [-0.05, 0) is 82.4 Å². The zero-order valence-electron chi connectivity index (χ0n) is 25.0. The van der Waals surface area contributed by atoms with Crippen molar-refractivity contribution >= 4 is 45.5 Å². The molecule has 4 aliphatic rings. The van der Waals surface area contributed by atoms with Gasteiger partial charge in [-0.3, -0.25) is 24.0 Å². The number of esters is 1. The number of carbonyl (C=O) groups excluding carboxylic acids is 4. The summed E-state index contributed by atoms with van der Waals surface area (Å²) in [6, 6.07) is 4.55. The van der Waals surface area contributed by atoms with Crippen LogP contribution in [0.1, 0.15) is 77.3 Å². The molecular weight excluding hydrogens is 598 g/mol. The molecule has 1 heterocycles. The smallest absolute Gasteiger partial charge is 0.411 e. The van der Waals surface area contributed by atoms with E-state index < -0.39 is 62.4 Å². The van der Waals surface area contributed by atoms with Gasteiger partial charge in [0.2, 0.25) is 15.9 Å². The highest BCUT2D eigenvalue weighted by Crippen LogP contribution is 2.47. The van der Waals surface area contributed by atoms with E-state index in [2.05, 4.69) is 10.0 Å². The lowest BCUT2D eigenvalue weighted by atomic mass is 9.84. The highest BCUT2D eigenvalue weighted by Gasteiger charge is 2.62. The molecule has 5 rings (SSSR count). The third-order valence-electron chi connectivity index (χ3n) is 8.78. The number of amides is 3. The van der Waals surface area contributed by atoms with Gasteiger partial charge in [0.15, 0.2) is 0 Å². The third-order valence-corrected chi connectivity index (χ3v) is 11.0. The van der Waals surface area contributed by atoms with Gasteiger partial charge in [-0.2, -0.15) is 0 Å². The zero-order valence-corrected chi connectivity index (χ0v) is 26.6. The molecule has 1 saturated heterocycles. The van der Waals surface area contributed by atoms with E-state index in [1.807, 2.05) is 25.1 Å². The molecule has 1 aromatic rings. The molecule has 0 bridgehead atoms. The monoisotopic (exact) mass is 637 g/mol. The first-order valence-electron chi connectivity index (χ1n) is 15.0. The first-order valence-corrected chi connectivity index (χ1v) is 16.9. The van der Waals surface area contributed by atoms with Crippen molar-refractivity contribution in [1.29, 1.82) is 0 Å². The number of fused-ring (bicyclic) bond motifs is 1. The van der Waals surface area contributed by atoms with Gasteiger partial charge < -0.3 is 14.8 Å². The number of carbonyl (C=O) groups is 4. The van der Waals surface area contributed by atoms with E-state index in [0.717, 1.165) is 11.1 Å². The van der Waals surface area contributed by atoms with Crippen LogP contribution in [0.25, 0.3) is 0 Å². The zero-order chi connectivity index (χ0) is 31.3. The Hall–Kier alpha value is -2.86. The number of sulfonamides is 1. The molecule has 5 atom stereocenters. The van der Waals surface area contributed by atoms with E-state index in [1.54, 1.807) is 20.8 Å². The van der Waals surface area contributed by atoms with Crippen LogP contribution in [0.15, 0.2) is 18.2 Å². The maximum absolute atomic E-state index is 13.7. The molecule has 1 aliphatic heterocycles. The van der Waals surface area contributed by atoms with Crippen LogP contribution in [0.3, 0.4) is 0 Å². The van der Waals surface area contributed by atoms with E-state index in [4.69, 9.17) is 21.1 Å². The maximum atomic E-state index is 13.7. The topological polar surface area (TPSA) is 148 Å². The second-order valence-corrected chi connectivity index (χ2v) is 15.6. The van der Waals surface area contributed by atoms with E-state index in [0.29, 0.717) is 43.5 Å². The standard InChI is InChI=1S/C30H40ClN3O8S/c1-5-19-15-30(19,27(37)33-43(39,40)21-10-11-21)32-25(35)24-14-20(16-34(24)28(38)42-29(2,3)4)41-26(36)18-9-12-22-17(13-18)7-6-8-23(22)31/h6-8,18-21,24H,5,9-16H2,1-4H3,(H,32,35)(H,33,37)/t18?,19-,20-,24+,30-/m1/s1. The van der Waals surface area contributed by atoms with Crippen LogP contribution in [0, 0.1) is 11.8 Å². The summed E-state index contributed by atoms with van der Waals surface area (Å²) in [6.45, 7) is 6.92. The lowest BCUT2D eigenvalue weighted by molar-refractivity contribution is -0.154. The summed E-state index contributed by atoms with van der Waals surface area (Å²) in [6.07, 6.45) is 2.03. The highest BCUT2D eigenvalue weighted by molar-refractivity contribution is 7.91. The average molecular weight is 638 g/mol. The Bertz CT molecular complexity index is 1420. The lowest BCUT2D eigenvalue weighted by Gasteiger charge is -2.29. The van der Waals surface area contributed by atoms with E-state index in [9.17, 15) is 27.6 Å². The fourth-order valence-corrected chi connectivity index (χ4v) is 7.82. The minimum absolute atomic E-state index is 0.0147. The number of nitrogens with zero attached hydrogens (tertiary/aromatic N) is 1. The molecule has 43 heavy (non-hydrogen) atoms. The van der Waals surface area contributed by atoms with Crippen molar-refractivity contribution in [2.24, 2.45) is 11.8 Å². The summed E-state index contributed by atoms with van der Waals surface area (Å²) >= 11 is 6.32. The third kappa shape index (κ3) is 6.79. The summed E-state index contributed by atoms with van der Waals surface area (Å²) < 4.78 is 38.5. The summed E-state index contributed by atoms with van der Waals surface area (Å²) in [5.74, 6) is -2.43. The SMILES string of the molecule is CC[C@@H]1C[C@]1(NC(=O)[C@@H]1C[C@@H](OC(=O)C2CCc3c(Cl)cccc3C2)CN1C(=O)OC(C)(C)C)C(=O)NS(=O)(=O)C1CC1. The Morgan fingerprint density at radius 2 is 1.86 bits per heavy atom. The van der Waals surface area contributed by atoms with Gasteiger partial charge >= 0.3 is 12.1 Å². The van der Waals surface area contributed by atoms with Gasteiger partial charge in [0.05, 0.1) is 17.7 Å². The predicted octanol–water partition coefficient (Wildman–Crippen LogP) is 3.26. The fraction of sp³-hybridized carbons (Fsp3) is 0.667. The molecule has 3 fully saturated rings. The number of benzene rings is 1. The van der Waals surface area contributed by atoms with Crippen LogP contribution in [0.5, 0.6) is 0 Å². The van der Waals surface area contributed by atoms with Gasteiger partial charge in [-0.1, -0.05) is 37.1 Å². The molecule has 0 aromatic heterocycles. The van der Waals surface area contributed by atoms with Crippen LogP contribution >= 0.6 is 11.6 Å². The van der Waals surface area contributed by atoms with E-state index >= 15 is 0 Å². The van der Waals surface area contributed by atoms with Crippen LogP contribution < -0.4 is 10.0 Å². The van der Waals surface area contributed by atoms with Gasteiger partial charge in [-0.25, -0.2) is 13.2 Å². The van der Waals surface area contributed by atoms with Crippen molar-refractivity contribution in [3.8, 4) is 0 Å². The first kappa shape index (κ1) is 31.6. The second-order valence-electron chi connectivity index (χ2n) is 13.2. The Morgan fingerprint density at radius 1 is 1.14 bits per heavy atom. The molecule has 236 valence electrons. The molecule has 3 amide bonds. The summed E-state index contributed by atoms with van der Waals surface area (Å²) in [7, 11) is -3.81. The summed E-state index contributed by atoms with van der Waals surface area (Å²) in [4.78, 5) is 54.6. The fourth-order valence-electron chi connectivity index (χ4n) is 6.17. The van der Waals surface area contributed by atoms with Crippen LogP contribution in [0.2, 0.25) is 5.02 Å². The van der Waals surface area contributed by atoms with Gasteiger partial charge in [-0.15, -0.1) is 0 Å². The predicted molar refractivity (Wildman–Crippen MR) is 158 cm³/mol. The molecule has 13 heteroatoms. The molecule has 0 spiro atoms. The largest absolute Gasteiger partial charge is 0.460 e. The first-order chi connectivity index (χ1) is 20.1. The average Bonchev–Trinajstić information content (AvgIpc) is 3.84.